The maximum atomic E-state index is 6.00. The molecular weight excluding hydrogens is 260 g/mol. The molecule has 0 aromatic heterocycles. The number of hydrogen-bond acceptors (Lipinski definition) is 3. The predicted octanol–water partition coefficient (Wildman–Crippen LogP) is 3.31. The zero-order valence-electron chi connectivity index (χ0n) is 13.9. The molecule has 118 valence electrons. The Bertz CT molecular complexity index is 459. The van der Waals surface area contributed by atoms with Crippen LogP contribution in [-0.4, -0.2) is 36.7 Å². The number of nitrogens with two attached hydrogens (primary N) is 1. The molecule has 1 heterocycles. The number of ether oxygens (including phenoxy) is 1. The van der Waals surface area contributed by atoms with Gasteiger partial charge in [0, 0.05) is 25.2 Å². The quantitative estimate of drug-likeness (QED) is 0.904. The van der Waals surface area contributed by atoms with E-state index in [4.69, 9.17) is 10.5 Å². The molecule has 3 nitrogen and oxygen atoms in total. The zero-order valence-corrected chi connectivity index (χ0v) is 13.9. The first-order chi connectivity index (χ1) is 9.97. The van der Waals surface area contributed by atoms with Crippen molar-refractivity contribution in [2.24, 2.45) is 5.73 Å². The van der Waals surface area contributed by atoms with Crippen LogP contribution in [0.15, 0.2) is 18.2 Å². The van der Waals surface area contributed by atoms with Crippen molar-refractivity contribution in [1.82, 2.24) is 4.90 Å². The van der Waals surface area contributed by atoms with Gasteiger partial charge in [-0.05, 0) is 55.9 Å². The van der Waals surface area contributed by atoms with Gasteiger partial charge in [-0.2, -0.15) is 0 Å². The average molecular weight is 290 g/mol. The van der Waals surface area contributed by atoms with Crippen LogP contribution in [0.2, 0.25) is 0 Å². The summed E-state index contributed by atoms with van der Waals surface area (Å²) >= 11 is 0. The third kappa shape index (κ3) is 4.45. The third-order valence-electron chi connectivity index (χ3n) is 4.56. The van der Waals surface area contributed by atoms with E-state index >= 15 is 0 Å². The first kappa shape index (κ1) is 16.3. The minimum absolute atomic E-state index is 0.378. The van der Waals surface area contributed by atoms with Crippen LogP contribution < -0.4 is 10.5 Å². The molecule has 2 N–H and O–H groups in total. The van der Waals surface area contributed by atoms with E-state index in [2.05, 4.69) is 50.8 Å². The summed E-state index contributed by atoms with van der Waals surface area (Å²) in [6.07, 6.45) is 2.20. The number of nitrogens with zero attached hydrogens (tertiary/aromatic N) is 1. The van der Waals surface area contributed by atoms with Crippen molar-refractivity contribution in [3.05, 3.63) is 29.3 Å². The van der Waals surface area contributed by atoms with Crippen LogP contribution in [0, 0.1) is 6.92 Å². The molecule has 1 aliphatic heterocycles. The van der Waals surface area contributed by atoms with Gasteiger partial charge in [0.05, 0.1) is 0 Å². The lowest BCUT2D eigenvalue weighted by Crippen LogP contribution is -2.46. The van der Waals surface area contributed by atoms with Crippen LogP contribution in [0.3, 0.4) is 0 Å². The van der Waals surface area contributed by atoms with Crippen molar-refractivity contribution in [2.75, 3.05) is 19.7 Å². The molecule has 1 aliphatic rings. The second-order valence-electron chi connectivity index (χ2n) is 6.69. The topological polar surface area (TPSA) is 38.5 Å². The SMILES string of the molecule is Cc1cc(OCCN2CCC(N)CC2C)ccc1C(C)C. The van der Waals surface area contributed by atoms with Gasteiger partial charge >= 0.3 is 0 Å². The normalized spacial score (nSPS) is 23.5. The van der Waals surface area contributed by atoms with Gasteiger partial charge in [0.2, 0.25) is 0 Å². The van der Waals surface area contributed by atoms with Crippen molar-refractivity contribution in [3.8, 4) is 5.75 Å². The number of piperidine rings is 1. The van der Waals surface area contributed by atoms with Crippen LogP contribution in [-0.2, 0) is 0 Å². The molecule has 2 unspecified atom stereocenters. The Kier molecular flexibility index (Phi) is 5.65. The van der Waals surface area contributed by atoms with E-state index in [9.17, 15) is 0 Å². The summed E-state index contributed by atoms with van der Waals surface area (Å²) in [6, 6.07) is 7.39. The molecule has 2 rings (SSSR count). The number of benzene rings is 1. The van der Waals surface area contributed by atoms with E-state index < -0.39 is 0 Å². The molecule has 0 amide bonds. The molecule has 3 heteroatoms. The molecular formula is C18H30N2O. The molecule has 21 heavy (non-hydrogen) atoms. The molecule has 2 atom stereocenters. The number of likely N-dealkylation sites (tertiary alicyclic amines) is 1. The van der Waals surface area contributed by atoms with Gasteiger partial charge in [0.1, 0.15) is 12.4 Å². The molecule has 1 saturated heterocycles. The number of aryl methyl sites for hydroxylation is 1. The fraction of sp³-hybridized carbons (Fsp3) is 0.667. The van der Waals surface area contributed by atoms with Gasteiger partial charge in [-0.1, -0.05) is 19.9 Å². The van der Waals surface area contributed by atoms with Crippen molar-refractivity contribution in [2.45, 2.75) is 58.5 Å². The van der Waals surface area contributed by atoms with Crippen LogP contribution in [0.25, 0.3) is 0 Å². The van der Waals surface area contributed by atoms with E-state index in [1.54, 1.807) is 0 Å². The Morgan fingerprint density at radius 1 is 1.38 bits per heavy atom. The van der Waals surface area contributed by atoms with Crippen LogP contribution in [0.4, 0.5) is 0 Å². The Morgan fingerprint density at radius 3 is 2.76 bits per heavy atom. The Morgan fingerprint density at radius 2 is 2.14 bits per heavy atom. The van der Waals surface area contributed by atoms with E-state index in [0.29, 0.717) is 18.0 Å². The molecule has 1 fully saturated rings. The fourth-order valence-electron chi connectivity index (χ4n) is 3.26. The van der Waals surface area contributed by atoms with Crippen molar-refractivity contribution < 1.29 is 4.74 Å². The lowest BCUT2D eigenvalue weighted by Gasteiger charge is -2.36. The van der Waals surface area contributed by atoms with E-state index in [1.165, 1.54) is 11.1 Å². The monoisotopic (exact) mass is 290 g/mol. The number of hydrogen-bond donors (Lipinski definition) is 1. The summed E-state index contributed by atoms with van der Waals surface area (Å²) in [5, 5.41) is 0. The van der Waals surface area contributed by atoms with Crippen LogP contribution in [0.1, 0.15) is 50.7 Å². The standard InChI is InChI=1S/C18H30N2O/c1-13(2)18-6-5-17(11-14(18)3)21-10-9-20-8-7-16(19)12-15(20)4/h5-6,11,13,15-16H,7-10,12,19H2,1-4H3. The van der Waals surface area contributed by atoms with Gasteiger partial charge in [0.25, 0.3) is 0 Å². The van der Waals surface area contributed by atoms with Crippen LogP contribution >= 0.6 is 0 Å². The minimum atomic E-state index is 0.378. The highest BCUT2D eigenvalue weighted by atomic mass is 16.5. The Labute approximate surface area is 129 Å². The second kappa shape index (κ2) is 7.28. The fourth-order valence-corrected chi connectivity index (χ4v) is 3.26. The van der Waals surface area contributed by atoms with Gasteiger partial charge in [-0.3, -0.25) is 4.90 Å². The molecule has 0 radical (unpaired) electrons. The molecule has 0 aliphatic carbocycles. The van der Waals surface area contributed by atoms with E-state index in [-0.39, 0.29) is 0 Å². The number of rotatable bonds is 5. The minimum Gasteiger partial charge on any atom is -0.492 e. The molecule has 0 bridgehead atoms. The molecule has 0 saturated carbocycles. The Balaban J connectivity index is 1.82. The van der Waals surface area contributed by atoms with Gasteiger partial charge in [-0.25, -0.2) is 0 Å². The lowest BCUT2D eigenvalue weighted by atomic mass is 9.98. The maximum Gasteiger partial charge on any atom is 0.119 e. The van der Waals surface area contributed by atoms with Gasteiger partial charge < -0.3 is 10.5 Å². The summed E-state index contributed by atoms with van der Waals surface area (Å²) in [7, 11) is 0. The summed E-state index contributed by atoms with van der Waals surface area (Å²) in [5.41, 5.74) is 8.73. The van der Waals surface area contributed by atoms with Crippen molar-refractivity contribution in [3.63, 3.8) is 0 Å². The highest BCUT2D eigenvalue weighted by molar-refractivity contribution is 5.36. The molecule has 0 spiro atoms. The second-order valence-corrected chi connectivity index (χ2v) is 6.69. The van der Waals surface area contributed by atoms with Crippen LogP contribution in [0.5, 0.6) is 5.75 Å². The van der Waals surface area contributed by atoms with E-state index in [1.807, 2.05) is 0 Å². The highest BCUT2D eigenvalue weighted by Gasteiger charge is 2.22. The highest BCUT2D eigenvalue weighted by Crippen LogP contribution is 2.23. The predicted molar refractivity (Wildman–Crippen MR) is 89.0 cm³/mol. The summed E-state index contributed by atoms with van der Waals surface area (Å²) in [5.74, 6) is 1.55. The largest absolute Gasteiger partial charge is 0.492 e. The Hall–Kier alpha value is -1.06. The first-order valence-electron chi connectivity index (χ1n) is 8.20. The summed E-state index contributed by atoms with van der Waals surface area (Å²) in [6.45, 7) is 11.7. The third-order valence-corrected chi connectivity index (χ3v) is 4.56. The zero-order chi connectivity index (χ0) is 15.4. The summed E-state index contributed by atoms with van der Waals surface area (Å²) in [4.78, 5) is 2.48. The van der Waals surface area contributed by atoms with Crippen molar-refractivity contribution in [1.29, 1.82) is 0 Å². The maximum absolute atomic E-state index is 6.00. The smallest absolute Gasteiger partial charge is 0.119 e. The van der Waals surface area contributed by atoms with Crippen molar-refractivity contribution >= 4 is 0 Å². The molecule has 1 aromatic rings. The van der Waals surface area contributed by atoms with E-state index in [0.717, 1.165) is 38.3 Å². The molecule has 1 aromatic carbocycles. The average Bonchev–Trinajstić information content (AvgIpc) is 2.41. The van der Waals surface area contributed by atoms with Gasteiger partial charge in [0.15, 0.2) is 0 Å². The summed E-state index contributed by atoms with van der Waals surface area (Å²) < 4.78 is 5.93. The van der Waals surface area contributed by atoms with Gasteiger partial charge in [-0.15, -0.1) is 0 Å². The first-order valence-corrected chi connectivity index (χ1v) is 8.20. The lowest BCUT2D eigenvalue weighted by molar-refractivity contribution is 0.123.